The van der Waals surface area contributed by atoms with E-state index in [1.54, 1.807) is 0 Å². The van der Waals surface area contributed by atoms with E-state index in [0.717, 1.165) is 0 Å². The van der Waals surface area contributed by atoms with Crippen LogP contribution in [0.1, 0.15) is 0 Å². The summed E-state index contributed by atoms with van der Waals surface area (Å²) < 4.78 is 17.4. The molecule has 6 N–H and O–H groups in total. The van der Waals surface area contributed by atoms with Gasteiger partial charge in [0.2, 0.25) is 5.95 Å². The number of imidazole rings is 1. The molecule has 2 aromatic rings. The molecule has 0 aromatic carbocycles. The van der Waals surface area contributed by atoms with Gasteiger partial charge in [-0.3, -0.25) is 14.3 Å². The number of hydrogen-bond donors (Lipinski definition) is 5. The Morgan fingerprint density at radius 2 is 2.23 bits per heavy atom. The Hall–Kier alpha value is -1.78. The molecule has 0 unspecified atom stereocenters. The van der Waals surface area contributed by atoms with Gasteiger partial charge in [-0.1, -0.05) is 0 Å². The van der Waals surface area contributed by atoms with Gasteiger partial charge < -0.3 is 29.9 Å². The average molecular weight is 333 g/mol. The van der Waals surface area contributed by atoms with Crippen molar-refractivity contribution < 1.29 is 24.2 Å². The minimum absolute atomic E-state index is 0.0674. The molecule has 0 saturated heterocycles. The molecule has 2 aromatic heterocycles. The fourth-order valence-electron chi connectivity index (χ4n) is 1.83. The lowest BCUT2D eigenvalue weighted by atomic mass is 10.3. The maximum atomic E-state index is 11.6. The summed E-state index contributed by atoms with van der Waals surface area (Å²) in [6, 6.07) is 0. The zero-order valence-electron chi connectivity index (χ0n) is 11.4. The number of nitrogens with zero attached hydrogens (tertiary/aromatic N) is 3. The zero-order valence-corrected chi connectivity index (χ0v) is 12.3. The van der Waals surface area contributed by atoms with E-state index in [4.69, 9.17) is 20.3 Å². The number of nitrogen functional groups attached to an aromatic ring is 1. The zero-order chi connectivity index (χ0) is 16.3. The standard InChI is InChI=1S/C10H16N5O6P/c11-10-13-8-7(9(17)14-10)12-5-15(8)3-6(4-16)21-1-2-22(18,19)20/h5-6,16H,1-4H2,(H2,18,19,20)(H3,11,13,14,17)/t6-/m0/s1. The maximum Gasteiger partial charge on any atom is 0.327 e. The molecule has 11 nitrogen and oxygen atoms in total. The van der Waals surface area contributed by atoms with Crippen LogP contribution in [0.3, 0.4) is 0 Å². The van der Waals surface area contributed by atoms with E-state index in [0.29, 0.717) is 0 Å². The highest BCUT2D eigenvalue weighted by molar-refractivity contribution is 7.51. The summed E-state index contributed by atoms with van der Waals surface area (Å²) >= 11 is 0. The van der Waals surface area contributed by atoms with Crippen LogP contribution in [0, 0.1) is 0 Å². The maximum absolute atomic E-state index is 11.6. The second-order valence-electron chi connectivity index (χ2n) is 4.58. The molecule has 1 atom stereocenters. The van der Waals surface area contributed by atoms with E-state index >= 15 is 0 Å². The van der Waals surface area contributed by atoms with Gasteiger partial charge in [0, 0.05) is 0 Å². The van der Waals surface area contributed by atoms with Crippen LogP contribution in [0.4, 0.5) is 5.95 Å². The fraction of sp³-hybridized carbons (Fsp3) is 0.500. The summed E-state index contributed by atoms with van der Waals surface area (Å²) in [5.41, 5.74) is 5.32. The van der Waals surface area contributed by atoms with Crippen LogP contribution in [-0.4, -0.2) is 59.9 Å². The molecule has 0 saturated carbocycles. The Kier molecular flexibility index (Phi) is 4.94. The molecule has 0 aliphatic carbocycles. The molecular formula is C10H16N5O6P. The molecule has 0 radical (unpaired) electrons. The number of H-pyrrole nitrogens is 1. The Balaban J connectivity index is 2.11. The number of aliphatic hydroxyl groups is 1. The van der Waals surface area contributed by atoms with Gasteiger partial charge in [0.15, 0.2) is 11.2 Å². The fourth-order valence-corrected chi connectivity index (χ4v) is 2.17. The van der Waals surface area contributed by atoms with Crippen molar-refractivity contribution in [3.8, 4) is 0 Å². The van der Waals surface area contributed by atoms with Gasteiger partial charge in [-0.25, -0.2) is 4.98 Å². The largest absolute Gasteiger partial charge is 0.394 e. The van der Waals surface area contributed by atoms with Gasteiger partial charge in [-0.15, -0.1) is 0 Å². The lowest BCUT2D eigenvalue weighted by molar-refractivity contribution is 0.0101. The second kappa shape index (κ2) is 6.55. The number of ether oxygens (including phenoxy) is 1. The van der Waals surface area contributed by atoms with Crippen molar-refractivity contribution in [1.82, 2.24) is 19.5 Å². The van der Waals surface area contributed by atoms with E-state index in [-0.39, 0.29) is 36.9 Å². The highest BCUT2D eigenvalue weighted by atomic mass is 31.2. The van der Waals surface area contributed by atoms with Crippen LogP contribution < -0.4 is 11.3 Å². The first kappa shape index (κ1) is 16.6. The molecular weight excluding hydrogens is 317 g/mol. The van der Waals surface area contributed by atoms with Gasteiger partial charge in [-0.05, 0) is 0 Å². The van der Waals surface area contributed by atoms with Crippen molar-refractivity contribution in [3.05, 3.63) is 16.7 Å². The number of fused-ring (bicyclic) bond motifs is 1. The minimum Gasteiger partial charge on any atom is -0.394 e. The summed E-state index contributed by atoms with van der Waals surface area (Å²) in [5.74, 6) is -0.0674. The van der Waals surface area contributed by atoms with E-state index in [9.17, 15) is 14.5 Å². The molecule has 0 spiro atoms. The first-order valence-corrected chi connectivity index (χ1v) is 8.07. The molecule has 0 aliphatic heterocycles. The SMILES string of the molecule is Nc1nc2c(ncn2C[C@@H](CO)OCCP(=O)(O)O)c(=O)[nH]1. The van der Waals surface area contributed by atoms with Crippen LogP contribution in [0.25, 0.3) is 11.2 Å². The molecule has 22 heavy (non-hydrogen) atoms. The number of aromatic amines is 1. The third-order valence-corrected chi connectivity index (χ3v) is 3.60. The molecule has 12 heteroatoms. The van der Waals surface area contributed by atoms with Crippen molar-refractivity contribution in [2.45, 2.75) is 12.6 Å². The molecule has 0 bridgehead atoms. The molecule has 0 amide bonds. The van der Waals surface area contributed by atoms with Gasteiger partial charge in [0.05, 0.1) is 38.4 Å². The first-order chi connectivity index (χ1) is 10.3. The molecule has 2 rings (SSSR count). The number of hydrogen-bond acceptors (Lipinski definition) is 7. The topological polar surface area (TPSA) is 177 Å². The number of nitrogens with two attached hydrogens (primary N) is 1. The molecule has 0 aliphatic rings. The second-order valence-corrected chi connectivity index (χ2v) is 6.36. The van der Waals surface area contributed by atoms with Crippen LogP contribution in [-0.2, 0) is 15.8 Å². The van der Waals surface area contributed by atoms with E-state index < -0.39 is 25.4 Å². The summed E-state index contributed by atoms with van der Waals surface area (Å²) in [6.45, 7) is -0.484. The van der Waals surface area contributed by atoms with Crippen LogP contribution in [0.15, 0.2) is 11.1 Å². The highest BCUT2D eigenvalue weighted by Crippen LogP contribution is 2.33. The summed E-state index contributed by atoms with van der Waals surface area (Å²) in [4.78, 5) is 39.3. The van der Waals surface area contributed by atoms with Crippen LogP contribution >= 0.6 is 7.60 Å². The van der Waals surface area contributed by atoms with Crippen molar-refractivity contribution >= 4 is 24.7 Å². The third kappa shape index (κ3) is 4.12. The Morgan fingerprint density at radius 1 is 1.50 bits per heavy atom. The monoisotopic (exact) mass is 333 g/mol. The smallest absolute Gasteiger partial charge is 0.327 e. The quantitative estimate of drug-likeness (QED) is 0.368. The van der Waals surface area contributed by atoms with Gasteiger partial charge in [-0.2, -0.15) is 4.98 Å². The van der Waals surface area contributed by atoms with Gasteiger partial charge in [0.1, 0.15) is 0 Å². The lowest BCUT2D eigenvalue weighted by Crippen LogP contribution is -2.25. The van der Waals surface area contributed by atoms with E-state index in [1.165, 1.54) is 10.9 Å². The van der Waals surface area contributed by atoms with E-state index in [2.05, 4.69) is 15.0 Å². The van der Waals surface area contributed by atoms with Crippen molar-refractivity contribution in [2.75, 3.05) is 25.1 Å². The Labute approximate surface area is 123 Å². The predicted octanol–water partition coefficient (Wildman–Crippen LogP) is -1.74. The average Bonchev–Trinajstić information content (AvgIpc) is 2.79. The van der Waals surface area contributed by atoms with Crippen LogP contribution in [0.2, 0.25) is 0 Å². The van der Waals surface area contributed by atoms with Crippen molar-refractivity contribution in [2.24, 2.45) is 0 Å². The van der Waals surface area contributed by atoms with Gasteiger partial charge >= 0.3 is 7.60 Å². The molecule has 122 valence electrons. The Morgan fingerprint density at radius 3 is 2.86 bits per heavy atom. The van der Waals surface area contributed by atoms with Crippen molar-refractivity contribution in [1.29, 1.82) is 0 Å². The number of nitrogens with one attached hydrogen (secondary N) is 1. The van der Waals surface area contributed by atoms with Gasteiger partial charge in [0.25, 0.3) is 5.56 Å². The normalized spacial score (nSPS) is 13.6. The highest BCUT2D eigenvalue weighted by Gasteiger charge is 2.17. The third-order valence-electron chi connectivity index (χ3n) is 2.83. The summed E-state index contributed by atoms with van der Waals surface area (Å²) in [5, 5.41) is 9.27. The van der Waals surface area contributed by atoms with Crippen molar-refractivity contribution in [3.63, 3.8) is 0 Å². The minimum atomic E-state index is -4.16. The predicted molar refractivity (Wildman–Crippen MR) is 76.3 cm³/mol. The van der Waals surface area contributed by atoms with E-state index in [1.807, 2.05) is 0 Å². The summed E-state index contributed by atoms with van der Waals surface area (Å²) in [6.07, 6.45) is 0.173. The number of aliphatic hydroxyl groups excluding tert-OH is 1. The molecule has 0 fully saturated rings. The number of rotatable bonds is 7. The van der Waals surface area contributed by atoms with Crippen LogP contribution in [0.5, 0.6) is 0 Å². The lowest BCUT2D eigenvalue weighted by Gasteiger charge is -2.16. The number of aromatic nitrogens is 4. The number of anilines is 1. The Bertz CT molecular complexity index is 752. The summed E-state index contributed by atoms with van der Waals surface area (Å²) in [7, 11) is -4.16. The molecule has 2 heterocycles. The first-order valence-electron chi connectivity index (χ1n) is 6.28.